The van der Waals surface area contributed by atoms with Crippen LogP contribution in [0, 0.1) is 0 Å². The summed E-state index contributed by atoms with van der Waals surface area (Å²) in [7, 11) is 0. The van der Waals surface area contributed by atoms with Crippen LogP contribution >= 0.6 is 0 Å². The van der Waals surface area contributed by atoms with Gasteiger partial charge in [0.25, 0.3) is 0 Å². The Labute approximate surface area is 127 Å². The second-order valence-corrected chi connectivity index (χ2v) is 4.97. The summed E-state index contributed by atoms with van der Waals surface area (Å²) < 4.78 is 15.8. The summed E-state index contributed by atoms with van der Waals surface area (Å²) in [5.74, 6) is 0.0428. The molecule has 1 aromatic carbocycles. The SMILES string of the molecule is CCCOC(=O)Cc1ccc2c(c1)C(=O)c1ocnc1CO2. The summed E-state index contributed by atoms with van der Waals surface area (Å²) in [5.41, 5.74) is 1.54. The largest absolute Gasteiger partial charge is 0.486 e. The first-order chi connectivity index (χ1) is 10.7. The van der Waals surface area contributed by atoms with E-state index in [0.29, 0.717) is 29.2 Å². The number of aromatic nitrogens is 1. The smallest absolute Gasteiger partial charge is 0.310 e. The van der Waals surface area contributed by atoms with E-state index in [2.05, 4.69) is 4.98 Å². The minimum absolute atomic E-state index is 0.115. The van der Waals surface area contributed by atoms with Gasteiger partial charge in [0.15, 0.2) is 6.39 Å². The average molecular weight is 301 g/mol. The molecule has 0 bridgehead atoms. The van der Waals surface area contributed by atoms with Gasteiger partial charge in [-0.3, -0.25) is 9.59 Å². The van der Waals surface area contributed by atoms with Gasteiger partial charge in [0, 0.05) is 0 Å². The monoisotopic (exact) mass is 301 g/mol. The van der Waals surface area contributed by atoms with Gasteiger partial charge in [-0.25, -0.2) is 4.98 Å². The molecule has 0 atom stereocenters. The Morgan fingerprint density at radius 3 is 3.09 bits per heavy atom. The lowest BCUT2D eigenvalue weighted by atomic mass is 10.0. The molecule has 1 aliphatic heterocycles. The van der Waals surface area contributed by atoms with E-state index in [1.807, 2.05) is 6.92 Å². The number of fused-ring (bicyclic) bond motifs is 2. The molecule has 22 heavy (non-hydrogen) atoms. The molecule has 6 nitrogen and oxygen atoms in total. The summed E-state index contributed by atoms with van der Waals surface area (Å²) in [6.07, 6.45) is 2.11. The molecule has 0 N–H and O–H groups in total. The Hall–Kier alpha value is -2.63. The summed E-state index contributed by atoms with van der Waals surface area (Å²) in [6, 6.07) is 5.07. The van der Waals surface area contributed by atoms with Crippen molar-refractivity contribution in [2.75, 3.05) is 6.61 Å². The topological polar surface area (TPSA) is 78.6 Å². The average Bonchev–Trinajstić information content (AvgIpc) is 2.95. The Kier molecular flexibility index (Phi) is 3.91. The summed E-state index contributed by atoms with van der Waals surface area (Å²) >= 11 is 0. The van der Waals surface area contributed by atoms with Gasteiger partial charge in [-0.05, 0) is 24.1 Å². The van der Waals surface area contributed by atoms with Gasteiger partial charge in [0.1, 0.15) is 18.1 Å². The fourth-order valence-electron chi connectivity index (χ4n) is 2.25. The molecule has 1 aromatic heterocycles. The zero-order valence-electron chi connectivity index (χ0n) is 12.1. The van der Waals surface area contributed by atoms with Gasteiger partial charge in [0.05, 0.1) is 18.6 Å². The number of hydrogen-bond donors (Lipinski definition) is 0. The highest BCUT2D eigenvalue weighted by Crippen LogP contribution is 2.29. The lowest BCUT2D eigenvalue weighted by molar-refractivity contribution is -0.142. The van der Waals surface area contributed by atoms with Crippen molar-refractivity contribution >= 4 is 11.8 Å². The molecule has 3 rings (SSSR count). The molecule has 6 heteroatoms. The molecule has 0 fully saturated rings. The van der Waals surface area contributed by atoms with Crippen LogP contribution in [-0.2, 0) is 22.6 Å². The third-order valence-corrected chi connectivity index (χ3v) is 3.32. The molecule has 2 heterocycles. The van der Waals surface area contributed by atoms with Crippen LogP contribution in [0.15, 0.2) is 29.0 Å². The zero-order chi connectivity index (χ0) is 15.5. The number of hydrogen-bond acceptors (Lipinski definition) is 6. The first kappa shape index (κ1) is 14.3. The zero-order valence-corrected chi connectivity index (χ0v) is 12.1. The van der Waals surface area contributed by atoms with Crippen molar-refractivity contribution in [1.29, 1.82) is 0 Å². The summed E-state index contributed by atoms with van der Waals surface area (Å²) in [5, 5.41) is 0. The molecule has 2 aromatic rings. The first-order valence-corrected chi connectivity index (χ1v) is 7.07. The highest BCUT2D eigenvalue weighted by Gasteiger charge is 2.26. The van der Waals surface area contributed by atoms with Crippen LogP contribution in [0.3, 0.4) is 0 Å². The van der Waals surface area contributed by atoms with Crippen LogP contribution in [-0.4, -0.2) is 23.3 Å². The van der Waals surface area contributed by atoms with E-state index in [9.17, 15) is 9.59 Å². The Morgan fingerprint density at radius 2 is 2.27 bits per heavy atom. The molecular weight excluding hydrogens is 286 g/mol. The van der Waals surface area contributed by atoms with Crippen molar-refractivity contribution in [2.45, 2.75) is 26.4 Å². The molecule has 0 unspecified atom stereocenters. The van der Waals surface area contributed by atoms with Crippen LogP contribution in [0.5, 0.6) is 5.75 Å². The Morgan fingerprint density at radius 1 is 1.41 bits per heavy atom. The number of nitrogens with zero attached hydrogens (tertiary/aromatic N) is 1. The van der Waals surface area contributed by atoms with E-state index in [1.165, 1.54) is 6.39 Å². The second kappa shape index (κ2) is 6.01. The van der Waals surface area contributed by atoms with Crippen LogP contribution < -0.4 is 4.74 Å². The normalized spacial score (nSPS) is 12.9. The minimum Gasteiger partial charge on any atom is -0.486 e. The van der Waals surface area contributed by atoms with Gasteiger partial charge < -0.3 is 13.9 Å². The second-order valence-electron chi connectivity index (χ2n) is 4.97. The van der Waals surface area contributed by atoms with Gasteiger partial charge in [-0.1, -0.05) is 13.0 Å². The van der Waals surface area contributed by atoms with Crippen LogP contribution in [0.4, 0.5) is 0 Å². The molecule has 1 aliphatic rings. The minimum atomic E-state index is -0.316. The number of carbonyl (C=O) groups is 2. The maximum absolute atomic E-state index is 12.5. The standard InChI is InChI=1S/C16H15NO5/c1-2-5-20-14(18)7-10-3-4-13-11(6-10)15(19)16-12(8-21-13)17-9-22-16/h3-4,6,9H,2,5,7-8H2,1H3. The van der Waals surface area contributed by atoms with Gasteiger partial charge in [-0.15, -0.1) is 0 Å². The summed E-state index contributed by atoms with van der Waals surface area (Å²) in [6.45, 7) is 2.51. The number of carbonyl (C=O) groups excluding carboxylic acids is 2. The Balaban J connectivity index is 1.86. The van der Waals surface area contributed by atoms with Crippen molar-refractivity contribution in [3.05, 3.63) is 47.2 Å². The maximum Gasteiger partial charge on any atom is 0.310 e. The summed E-state index contributed by atoms with van der Waals surface area (Å²) in [4.78, 5) is 28.1. The van der Waals surface area contributed by atoms with Crippen molar-refractivity contribution in [3.63, 3.8) is 0 Å². The van der Waals surface area contributed by atoms with Crippen molar-refractivity contribution < 1.29 is 23.5 Å². The molecule has 0 radical (unpaired) electrons. The Bertz CT molecular complexity index is 719. The quantitative estimate of drug-likeness (QED) is 0.806. The van der Waals surface area contributed by atoms with E-state index < -0.39 is 0 Å². The predicted molar refractivity (Wildman–Crippen MR) is 75.7 cm³/mol. The van der Waals surface area contributed by atoms with Gasteiger partial charge in [-0.2, -0.15) is 0 Å². The number of esters is 1. The number of ketones is 1. The van der Waals surface area contributed by atoms with Crippen LogP contribution in [0.1, 0.15) is 40.7 Å². The van der Waals surface area contributed by atoms with E-state index in [0.717, 1.165) is 6.42 Å². The fraction of sp³-hybridized carbons (Fsp3) is 0.312. The molecular formula is C16H15NO5. The fourth-order valence-corrected chi connectivity index (χ4v) is 2.25. The molecule has 0 spiro atoms. The van der Waals surface area contributed by atoms with Crippen LogP contribution in [0.25, 0.3) is 0 Å². The first-order valence-electron chi connectivity index (χ1n) is 7.07. The highest BCUT2D eigenvalue weighted by atomic mass is 16.5. The van der Waals surface area contributed by atoms with Crippen molar-refractivity contribution in [1.82, 2.24) is 4.98 Å². The van der Waals surface area contributed by atoms with E-state index >= 15 is 0 Å². The number of benzene rings is 1. The lowest BCUT2D eigenvalue weighted by Gasteiger charge is -2.08. The van der Waals surface area contributed by atoms with Crippen molar-refractivity contribution in [3.8, 4) is 5.75 Å². The predicted octanol–water partition coefficient (Wildman–Crippen LogP) is 2.29. The third kappa shape index (κ3) is 2.72. The number of rotatable bonds is 4. The molecule has 0 saturated carbocycles. The number of oxazole rings is 1. The molecule has 0 aliphatic carbocycles. The molecule has 0 saturated heterocycles. The highest BCUT2D eigenvalue weighted by molar-refractivity contribution is 6.10. The molecule has 0 amide bonds. The molecule has 114 valence electrons. The third-order valence-electron chi connectivity index (χ3n) is 3.32. The maximum atomic E-state index is 12.5. The van der Waals surface area contributed by atoms with E-state index in [1.54, 1.807) is 18.2 Å². The van der Waals surface area contributed by atoms with E-state index in [-0.39, 0.29) is 30.5 Å². The van der Waals surface area contributed by atoms with Crippen molar-refractivity contribution in [2.24, 2.45) is 0 Å². The van der Waals surface area contributed by atoms with Gasteiger partial charge in [0.2, 0.25) is 11.5 Å². The van der Waals surface area contributed by atoms with E-state index in [4.69, 9.17) is 13.9 Å². The number of ether oxygens (including phenoxy) is 2. The van der Waals surface area contributed by atoms with Gasteiger partial charge >= 0.3 is 5.97 Å². The van der Waals surface area contributed by atoms with Crippen LogP contribution in [0.2, 0.25) is 0 Å². The lowest BCUT2D eigenvalue weighted by Crippen LogP contribution is -2.09.